The van der Waals surface area contributed by atoms with Gasteiger partial charge in [-0.15, -0.1) is 0 Å². The molecule has 2 heterocycles. The zero-order chi connectivity index (χ0) is 14.9. The second-order valence-corrected chi connectivity index (χ2v) is 6.41. The van der Waals surface area contributed by atoms with Crippen molar-refractivity contribution in [2.45, 2.75) is 39.2 Å². The third-order valence-corrected chi connectivity index (χ3v) is 3.77. The van der Waals surface area contributed by atoms with Gasteiger partial charge in [-0.05, 0) is 36.1 Å². The number of nitrogens with zero attached hydrogens (tertiary/aromatic N) is 2. The van der Waals surface area contributed by atoms with Gasteiger partial charge >= 0.3 is 0 Å². The zero-order valence-corrected chi connectivity index (χ0v) is 12.8. The van der Waals surface area contributed by atoms with Gasteiger partial charge in [-0.25, -0.2) is 9.97 Å². The Kier molecular flexibility index (Phi) is 3.64. The van der Waals surface area contributed by atoms with E-state index in [1.807, 2.05) is 12.1 Å². The average Bonchev–Trinajstić information content (AvgIpc) is 2.47. The zero-order valence-electron chi connectivity index (χ0n) is 12.8. The molecule has 1 N–H and O–H groups in total. The van der Waals surface area contributed by atoms with Crippen molar-refractivity contribution in [2.24, 2.45) is 0 Å². The monoisotopic (exact) mass is 283 g/mol. The summed E-state index contributed by atoms with van der Waals surface area (Å²) in [5, 5.41) is 3.31. The summed E-state index contributed by atoms with van der Waals surface area (Å²) in [7, 11) is 0. The van der Waals surface area contributed by atoms with Crippen LogP contribution in [0.1, 0.15) is 37.6 Å². The SMILES string of the molecule is CC(C)(C)c1ccc(Oc2ncnc3c2CCNC3)cc1. The van der Waals surface area contributed by atoms with E-state index in [1.54, 1.807) is 6.33 Å². The summed E-state index contributed by atoms with van der Waals surface area (Å²) >= 11 is 0. The molecule has 0 saturated heterocycles. The molecule has 1 aromatic carbocycles. The fraction of sp³-hybridized carbons (Fsp3) is 0.412. The van der Waals surface area contributed by atoms with Crippen LogP contribution in [0.25, 0.3) is 0 Å². The summed E-state index contributed by atoms with van der Waals surface area (Å²) < 4.78 is 5.97. The number of nitrogens with one attached hydrogen (secondary N) is 1. The van der Waals surface area contributed by atoms with Gasteiger partial charge < -0.3 is 10.1 Å². The van der Waals surface area contributed by atoms with E-state index in [1.165, 1.54) is 5.56 Å². The third kappa shape index (κ3) is 3.05. The summed E-state index contributed by atoms with van der Waals surface area (Å²) in [6.07, 6.45) is 2.48. The molecule has 0 saturated carbocycles. The Morgan fingerprint density at radius 1 is 1.10 bits per heavy atom. The standard InChI is InChI=1S/C17H21N3O/c1-17(2,3)12-4-6-13(7-5-12)21-16-14-8-9-18-10-15(14)19-11-20-16/h4-7,11,18H,8-10H2,1-3H3. The van der Waals surface area contributed by atoms with Gasteiger partial charge in [0, 0.05) is 12.1 Å². The van der Waals surface area contributed by atoms with Crippen LogP contribution in [-0.4, -0.2) is 16.5 Å². The van der Waals surface area contributed by atoms with Crippen LogP contribution in [0.15, 0.2) is 30.6 Å². The molecule has 0 unspecified atom stereocenters. The predicted molar refractivity (Wildman–Crippen MR) is 82.7 cm³/mol. The first-order chi connectivity index (χ1) is 10.0. The van der Waals surface area contributed by atoms with Crippen molar-refractivity contribution in [2.75, 3.05) is 6.54 Å². The Balaban J connectivity index is 1.84. The van der Waals surface area contributed by atoms with Crippen LogP contribution in [0.4, 0.5) is 0 Å². The number of fused-ring (bicyclic) bond motifs is 1. The Morgan fingerprint density at radius 2 is 1.86 bits per heavy atom. The summed E-state index contributed by atoms with van der Waals surface area (Å²) in [6, 6.07) is 8.25. The van der Waals surface area contributed by atoms with E-state index < -0.39 is 0 Å². The van der Waals surface area contributed by atoms with Gasteiger partial charge in [0.2, 0.25) is 5.88 Å². The highest BCUT2D eigenvalue weighted by molar-refractivity contribution is 5.37. The van der Waals surface area contributed by atoms with E-state index >= 15 is 0 Å². The van der Waals surface area contributed by atoms with E-state index in [9.17, 15) is 0 Å². The van der Waals surface area contributed by atoms with Crippen LogP contribution in [-0.2, 0) is 18.4 Å². The van der Waals surface area contributed by atoms with E-state index in [-0.39, 0.29) is 5.41 Å². The predicted octanol–water partition coefficient (Wildman–Crippen LogP) is 3.21. The van der Waals surface area contributed by atoms with Crippen molar-refractivity contribution < 1.29 is 4.74 Å². The lowest BCUT2D eigenvalue weighted by Gasteiger charge is -2.20. The Morgan fingerprint density at radius 3 is 2.57 bits per heavy atom. The fourth-order valence-corrected chi connectivity index (χ4v) is 2.48. The van der Waals surface area contributed by atoms with Crippen LogP contribution in [0.3, 0.4) is 0 Å². The Labute approximate surface area is 125 Å². The maximum atomic E-state index is 5.97. The molecule has 1 aliphatic heterocycles. The molecule has 4 nitrogen and oxygen atoms in total. The lowest BCUT2D eigenvalue weighted by atomic mass is 9.87. The highest BCUT2D eigenvalue weighted by Crippen LogP contribution is 2.29. The minimum absolute atomic E-state index is 0.151. The molecule has 0 aliphatic carbocycles. The fourth-order valence-electron chi connectivity index (χ4n) is 2.48. The smallest absolute Gasteiger partial charge is 0.225 e. The molecule has 0 atom stereocenters. The number of benzene rings is 1. The quantitative estimate of drug-likeness (QED) is 0.919. The summed E-state index contributed by atoms with van der Waals surface area (Å²) in [4.78, 5) is 8.61. The van der Waals surface area contributed by atoms with E-state index in [4.69, 9.17) is 4.74 Å². The molecule has 1 aliphatic rings. The largest absolute Gasteiger partial charge is 0.439 e. The van der Waals surface area contributed by atoms with Gasteiger partial charge in [-0.3, -0.25) is 0 Å². The van der Waals surface area contributed by atoms with Gasteiger partial charge in [0.15, 0.2) is 0 Å². The number of rotatable bonds is 2. The maximum absolute atomic E-state index is 5.97. The molecule has 0 radical (unpaired) electrons. The second-order valence-electron chi connectivity index (χ2n) is 6.41. The minimum atomic E-state index is 0.151. The number of hydrogen-bond donors (Lipinski definition) is 1. The molecule has 2 aromatic rings. The second kappa shape index (κ2) is 5.45. The van der Waals surface area contributed by atoms with Crippen LogP contribution >= 0.6 is 0 Å². The Hall–Kier alpha value is -1.94. The van der Waals surface area contributed by atoms with Crippen molar-refractivity contribution >= 4 is 0 Å². The van der Waals surface area contributed by atoms with Crippen molar-refractivity contribution in [3.63, 3.8) is 0 Å². The lowest BCUT2D eigenvalue weighted by Crippen LogP contribution is -2.25. The summed E-state index contributed by atoms with van der Waals surface area (Å²) in [5.74, 6) is 1.51. The first-order valence-electron chi connectivity index (χ1n) is 7.36. The summed E-state index contributed by atoms with van der Waals surface area (Å²) in [6.45, 7) is 8.35. The molecule has 0 fully saturated rings. The molecule has 21 heavy (non-hydrogen) atoms. The molecule has 110 valence electrons. The van der Waals surface area contributed by atoms with Gasteiger partial charge in [0.25, 0.3) is 0 Å². The van der Waals surface area contributed by atoms with E-state index in [0.29, 0.717) is 5.88 Å². The van der Waals surface area contributed by atoms with Crippen molar-refractivity contribution in [3.8, 4) is 11.6 Å². The van der Waals surface area contributed by atoms with Gasteiger partial charge in [0.1, 0.15) is 12.1 Å². The maximum Gasteiger partial charge on any atom is 0.225 e. The minimum Gasteiger partial charge on any atom is -0.439 e. The van der Waals surface area contributed by atoms with Gasteiger partial charge in [-0.1, -0.05) is 32.9 Å². The average molecular weight is 283 g/mol. The number of hydrogen-bond acceptors (Lipinski definition) is 4. The molecule has 1 aromatic heterocycles. The van der Waals surface area contributed by atoms with Crippen molar-refractivity contribution in [1.29, 1.82) is 0 Å². The van der Waals surface area contributed by atoms with E-state index in [0.717, 1.165) is 36.5 Å². The van der Waals surface area contributed by atoms with Gasteiger partial charge in [-0.2, -0.15) is 0 Å². The van der Waals surface area contributed by atoms with Crippen LogP contribution < -0.4 is 10.1 Å². The molecule has 0 amide bonds. The Bertz CT molecular complexity index is 629. The summed E-state index contributed by atoms with van der Waals surface area (Å²) in [5.41, 5.74) is 3.61. The molecule has 3 rings (SSSR count). The third-order valence-electron chi connectivity index (χ3n) is 3.77. The van der Waals surface area contributed by atoms with Crippen molar-refractivity contribution in [3.05, 3.63) is 47.4 Å². The molecule has 0 bridgehead atoms. The van der Waals surface area contributed by atoms with Crippen LogP contribution in [0, 0.1) is 0 Å². The highest BCUT2D eigenvalue weighted by atomic mass is 16.5. The van der Waals surface area contributed by atoms with Gasteiger partial charge in [0.05, 0.1) is 5.69 Å². The number of ether oxygens (including phenoxy) is 1. The molecule has 4 heteroatoms. The molecular weight excluding hydrogens is 262 g/mol. The normalized spacial score (nSPS) is 14.6. The van der Waals surface area contributed by atoms with Crippen LogP contribution in [0.2, 0.25) is 0 Å². The van der Waals surface area contributed by atoms with Crippen LogP contribution in [0.5, 0.6) is 11.6 Å². The number of aromatic nitrogens is 2. The molecular formula is C17H21N3O. The van der Waals surface area contributed by atoms with Crippen molar-refractivity contribution in [1.82, 2.24) is 15.3 Å². The highest BCUT2D eigenvalue weighted by Gasteiger charge is 2.17. The topological polar surface area (TPSA) is 47.0 Å². The van der Waals surface area contributed by atoms with E-state index in [2.05, 4.69) is 48.2 Å². The lowest BCUT2D eigenvalue weighted by molar-refractivity contribution is 0.445. The first-order valence-corrected chi connectivity index (χ1v) is 7.36. The molecule has 0 spiro atoms. The first kappa shape index (κ1) is 14.0.